The summed E-state index contributed by atoms with van der Waals surface area (Å²) >= 11 is 0.898. The van der Waals surface area contributed by atoms with Gasteiger partial charge in [-0.05, 0) is 12.3 Å². The second kappa shape index (κ2) is 6.01. The van der Waals surface area contributed by atoms with Crippen LogP contribution in [0.3, 0.4) is 0 Å². The van der Waals surface area contributed by atoms with Crippen LogP contribution in [-0.4, -0.2) is 34.4 Å². The van der Waals surface area contributed by atoms with Gasteiger partial charge in [0.2, 0.25) is 0 Å². The molecule has 0 unspecified atom stereocenters. The Morgan fingerprint density at radius 1 is 1.44 bits per heavy atom. The number of carbonyl (C=O) groups is 2. The number of non-ortho nitro benzene ring substituents is 1. The van der Waals surface area contributed by atoms with Gasteiger partial charge in [0.25, 0.3) is 10.9 Å². The van der Waals surface area contributed by atoms with Gasteiger partial charge in [-0.2, -0.15) is 0 Å². The van der Waals surface area contributed by atoms with Crippen LogP contribution in [0.2, 0.25) is 0 Å². The van der Waals surface area contributed by atoms with E-state index in [1.54, 1.807) is 6.26 Å². The van der Waals surface area contributed by atoms with Crippen LogP contribution in [0.25, 0.3) is 0 Å². The number of nitro benzene ring substituents is 1. The Bertz CT molecular complexity index is 492. The van der Waals surface area contributed by atoms with E-state index >= 15 is 0 Å². The van der Waals surface area contributed by atoms with Crippen LogP contribution in [-0.2, 0) is 0 Å². The molecule has 1 N–H and O–H groups in total. The molecule has 0 aromatic heterocycles. The largest absolute Gasteiger partial charge is 0.328 e. The number of imide groups is 1. The Morgan fingerprint density at radius 2 is 2.11 bits per heavy atom. The first-order valence-electron chi connectivity index (χ1n) is 4.83. The summed E-state index contributed by atoms with van der Waals surface area (Å²) in [6, 6.07) is 4.84. The van der Waals surface area contributed by atoms with Gasteiger partial charge >= 0.3 is 6.03 Å². The average Bonchev–Trinajstić information content (AvgIpc) is 2.37. The molecule has 0 aliphatic heterocycles. The summed E-state index contributed by atoms with van der Waals surface area (Å²) in [7, 11) is 1.32. The minimum Gasteiger partial charge on any atom is -0.307 e. The summed E-state index contributed by atoms with van der Waals surface area (Å²) in [5.41, 5.74) is 0.126. The van der Waals surface area contributed by atoms with Crippen LogP contribution in [0.5, 0.6) is 0 Å². The molecule has 0 spiro atoms. The van der Waals surface area contributed by atoms with Crippen LogP contribution in [0.15, 0.2) is 24.3 Å². The minimum atomic E-state index is -0.644. The van der Waals surface area contributed by atoms with Gasteiger partial charge in [-0.1, -0.05) is 17.8 Å². The highest BCUT2D eigenvalue weighted by Crippen LogP contribution is 2.17. The van der Waals surface area contributed by atoms with Gasteiger partial charge in [-0.15, -0.1) is 0 Å². The molecule has 18 heavy (non-hydrogen) atoms. The van der Waals surface area contributed by atoms with Gasteiger partial charge in [0.05, 0.1) is 4.92 Å². The Labute approximate surface area is 107 Å². The molecule has 0 atom stereocenters. The molecule has 0 heterocycles. The number of rotatable bonds is 2. The maximum absolute atomic E-state index is 11.6. The third-order valence-electron chi connectivity index (χ3n) is 2.06. The smallest absolute Gasteiger partial charge is 0.307 e. The van der Waals surface area contributed by atoms with E-state index in [0.717, 1.165) is 16.7 Å². The van der Waals surface area contributed by atoms with E-state index in [1.165, 1.54) is 31.3 Å². The van der Waals surface area contributed by atoms with Gasteiger partial charge in [0.1, 0.15) is 0 Å². The van der Waals surface area contributed by atoms with Crippen LogP contribution in [0.1, 0.15) is 0 Å². The molecule has 96 valence electrons. The Morgan fingerprint density at radius 3 is 2.67 bits per heavy atom. The number of nitrogens with one attached hydrogen (secondary N) is 1. The van der Waals surface area contributed by atoms with Crippen molar-refractivity contribution in [3.05, 3.63) is 34.4 Å². The van der Waals surface area contributed by atoms with E-state index < -0.39 is 16.2 Å². The van der Waals surface area contributed by atoms with Gasteiger partial charge < -0.3 is 5.32 Å². The summed E-state index contributed by atoms with van der Waals surface area (Å²) in [5, 5.41) is 12.5. The fourth-order valence-electron chi connectivity index (χ4n) is 1.12. The van der Waals surface area contributed by atoms with E-state index in [0.29, 0.717) is 0 Å². The van der Waals surface area contributed by atoms with Crippen LogP contribution in [0.4, 0.5) is 21.0 Å². The van der Waals surface area contributed by atoms with Crippen molar-refractivity contribution in [3.63, 3.8) is 0 Å². The fourth-order valence-corrected chi connectivity index (χ4v) is 1.48. The first kappa shape index (κ1) is 14.0. The van der Waals surface area contributed by atoms with Crippen molar-refractivity contribution >= 4 is 34.4 Å². The number of thioether (sulfide) groups is 1. The maximum atomic E-state index is 11.6. The predicted octanol–water partition coefficient (Wildman–Crippen LogP) is 2.54. The normalized spacial score (nSPS) is 9.67. The molecular formula is C10H11N3O4S. The van der Waals surface area contributed by atoms with Crippen molar-refractivity contribution in [1.82, 2.24) is 4.90 Å². The van der Waals surface area contributed by atoms with E-state index in [9.17, 15) is 19.7 Å². The van der Waals surface area contributed by atoms with Crippen molar-refractivity contribution in [2.45, 2.75) is 0 Å². The van der Waals surface area contributed by atoms with Crippen LogP contribution in [0, 0.1) is 10.1 Å². The maximum Gasteiger partial charge on any atom is 0.328 e. The third-order valence-corrected chi connectivity index (χ3v) is 2.68. The number of nitrogens with zero attached hydrogens (tertiary/aromatic N) is 2. The molecule has 0 saturated carbocycles. The molecule has 0 aliphatic rings. The highest BCUT2D eigenvalue weighted by molar-refractivity contribution is 8.12. The Hall–Kier alpha value is -2.09. The molecular weight excluding hydrogens is 258 g/mol. The lowest BCUT2D eigenvalue weighted by atomic mass is 10.3. The van der Waals surface area contributed by atoms with Crippen molar-refractivity contribution in [3.8, 4) is 0 Å². The lowest BCUT2D eigenvalue weighted by Crippen LogP contribution is -2.34. The molecule has 0 aliphatic carbocycles. The third kappa shape index (κ3) is 3.45. The number of urea groups is 1. The monoisotopic (exact) mass is 269 g/mol. The minimum absolute atomic E-state index is 0.133. The molecule has 1 aromatic rings. The van der Waals surface area contributed by atoms with E-state index in [1.807, 2.05) is 0 Å². The summed E-state index contributed by atoms with van der Waals surface area (Å²) < 4.78 is 0. The Kier molecular flexibility index (Phi) is 4.67. The zero-order chi connectivity index (χ0) is 13.7. The molecule has 0 radical (unpaired) electrons. The number of anilines is 1. The van der Waals surface area contributed by atoms with Crippen molar-refractivity contribution in [2.24, 2.45) is 0 Å². The lowest BCUT2D eigenvalue weighted by Gasteiger charge is -2.14. The summed E-state index contributed by atoms with van der Waals surface area (Å²) in [4.78, 5) is 33.7. The van der Waals surface area contributed by atoms with Crippen LogP contribution >= 0.6 is 11.8 Å². The molecule has 0 fully saturated rings. The van der Waals surface area contributed by atoms with Gasteiger partial charge in [-0.3, -0.25) is 19.8 Å². The van der Waals surface area contributed by atoms with Crippen molar-refractivity contribution < 1.29 is 14.5 Å². The molecule has 1 rings (SSSR count). The molecule has 1 aromatic carbocycles. The first-order valence-corrected chi connectivity index (χ1v) is 6.05. The molecule has 0 bridgehead atoms. The number of nitro groups is 1. The quantitative estimate of drug-likeness (QED) is 0.657. The SMILES string of the molecule is CSC(=O)N(C)C(=O)Nc1cccc([N+](=O)[O-])c1. The van der Waals surface area contributed by atoms with Gasteiger partial charge in [0.15, 0.2) is 0 Å². The molecule has 3 amide bonds. The number of carbonyl (C=O) groups excluding carboxylic acids is 2. The predicted molar refractivity (Wildman–Crippen MR) is 68.8 cm³/mol. The molecule has 8 heteroatoms. The second-order valence-corrected chi connectivity index (χ2v) is 4.02. The zero-order valence-electron chi connectivity index (χ0n) is 9.75. The number of hydrogen-bond donors (Lipinski definition) is 1. The number of amides is 3. The zero-order valence-corrected chi connectivity index (χ0v) is 10.6. The summed E-state index contributed by atoms with van der Waals surface area (Å²) in [6.07, 6.45) is 1.56. The van der Waals surface area contributed by atoms with E-state index in [4.69, 9.17) is 0 Å². The number of benzene rings is 1. The highest BCUT2D eigenvalue weighted by Gasteiger charge is 2.16. The van der Waals surface area contributed by atoms with Gasteiger partial charge in [0, 0.05) is 24.9 Å². The second-order valence-electron chi connectivity index (χ2n) is 3.27. The van der Waals surface area contributed by atoms with Gasteiger partial charge in [-0.25, -0.2) is 4.79 Å². The topological polar surface area (TPSA) is 92.6 Å². The number of hydrogen-bond acceptors (Lipinski definition) is 5. The van der Waals surface area contributed by atoms with Crippen LogP contribution < -0.4 is 5.32 Å². The summed E-state index contributed by atoms with van der Waals surface area (Å²) in [5.74, 6) is 0. The average molecular weight is 269 g/mol. The van der Waals surface area contributed by atoms with Crippen molar-refractivity contribution in [2.75, 3.05) is 18.6 Å². The fraction of sp³-hybridized carbons (Fsp3) is 0.200. The first-order chi connectivity index (χ1) is 8.45. The Balaban J connectivity index is 2.79. The molecule has 0 saturated heterocycles. The van der Waals surface area contributed by atoms with Crippen molar-refractivity contribution in [1.29, 1.82) is 0 Å². The summed E-state index contributed by atoms with van der Waals surface area (Å²) in [6.45, 7) is 0. The lowest BCUT2D eigenvalue weighted by molar-refractivity contribution is -0.384. The standard InChI is InChI=1S/C10H11N3O4S/c1-12(10(15)18-2)9(14)11-7-4-3-5-8(6-7)13(16)17/h3-6H,1-2H3,(H,11,14). The van der Waals surface area contributed by atoms with E-state index in [2.05, 4.69) is 5.32 Å². The highest BCUT2D eigenvalue weighted by atomic mass is 32.2. The van der Waals surface area contributed by atoms with E-state index in [-0.39, 0.29) is 11.4 Å². The molecule has 7 nitrogen and oxygen atoms in total.